The molecule has 6 heteroatoms. The molecule has 1 saturated carbocycles. The van der Waals surface area contributed by atoms with Crippen LogP contribution in [0.25, 0.3) is 0 Å². The van der Waals surface area contributed by atoms with Gasteiger partial charge in [0.15, 0.2) is 0 Å². The van der Waals surface area contributed by atoms with Crippen LogP contribution in [0, 0.1) is 12.3 Å². The third kappa shape index (κ3) is 2.09. The normalized spacial score (nSPS) is 22.8. The molecule has 4 amide bonds. The van der Waals surface area contributed by atoms with Crippen LogP contribution >= 0.6 is 11.3 Å². The zero-order valence-electron chi connectivity index (χ0n) is 12.1. The number of amides is 4. The van der Waals surface area contributed by atoms with E-state index in [0.29, 0.717) is 12.8 Å². The lowest BCUT2D eigenvalue weighted by Gasteiger charge is -2.39. The molecule has 1 aromatic heterocycles. The summed E-state index contributed by atoms with van der Waals surface area (Å²) >= 11 is 1.57. The predicted octanol–water partition coefficient (Wildman–Crippen LogP) is 2.76. The van der Waals surface area contributed by atoms with Crippen LogP contribution in [0.2, 0.25) is 0 Å². The van der Waals surface area contributed by atoms with Crippen molar-refractivity contribution >= 4 is 29.2 Å². The van der Waals surface area contributed by atoms with Crippen molar-refractivity contribution in [3.05, 3.63) is 21.9 Å². The summed E-state index contributed by atoms with van der Waals surface area (Å²) in [6.07, 6.45) is 2.79. The number of nitrogens with one attached hydrogen (secondary N) is 1. The number of hydrogen-bond donors (Lipinski definition) is 1. The molecule has 2 fully saturated rings. The maximum atomic E-state index is 12.8. The molecular weight excluding hydrogens is 288 g/mol. The quantitative estimate of drug-likeness (QED) is 0.854. The van der Waals surface area contributed by atoms with Gasteiger partial charge in [0.05, 0.1) is 6.04 Å². The summed E-state index contributed by atoms with van der Waals surface area (Å²) in [5, 5.41) is 2.38. The topological polar surface area (TPSA) is 66.5 Å². The second-order valence-electron chi connectivity index (χ2n) is 5.85. The molecule has 1 saturated heterocycles. The molecule has 5 nitrogen and oxygen atoms in total. The molecule has 2 heterocycles. The molecule has 2 aliphatic rings. The van der Waals surface area contributed by atoms with Gasteiger partial charge in [-0.25, -0.2) is 4.79 Å². The van der Waals surface area contributed by atoms with Crippen molar-refractivity contribution in [2.75, 3.05) is 0 Å². The van der Waals surface area contributed by atoms with E-state index in [1.807, 2.05) is 26.0 Å². The van der Waals surface area contributed by atoms with E-state index in [1.54, 1.807) is 11.3 Å². The Balaban J connectivity index is 1.95. The Bertz CT molecular complexity index is 616. The highest BCUT2D eigenvalue weighted by molar-refractivity contribution is 7.12. The van der Waals surface area contributed by atoms with Crippen LogP contribution in [0.4, 0.5) is 4.79 Å². The van der Waals surface area contributed by atoms with Crippen molar-refractivity contribution < 1.29 is 14.4 Å². The van der Waals surface area contributed by atoms with Gasteiger partial charge in [0.2, 0.25) is 11.8 Å². The van der Waals surface area contributed by atoms with Crippen LogP contribution in [-0.2, 0) is 9.59 Å². The van der Waals surface area contributed by atoms with Gasteiger partial charge in [-0.05, 0) is 38.8 Å². The zero-order valence-corrected chi connectivity index (χ0v) is 13.0. The molecule has 21 heavy (non-hydrogen) atoms. The molecule has 112 valence electrons. The smallest absolute Gasteiger partial charge is 0.277 e. The summed E-state index contributed by atoms with van der Waals surface area (Å²) in [5.41, 5.74) is -1.02. The van der Waals surface area contributed by atoms with Gasteiger partial charge in [0, 0.05) is 9.75 Å². The second kappa shape index (κ2) is 4.94. The van der Waals surface area contributed by atoms with Gasteiger partial charge >= 0.3 is 6.03 Å². The standard InChI is InChI=1S/C15H18N2O3S/c1-9-5-6-11(21-9)10(2)17-13(19)15(7-3-4-8-15)12(18)16-14(17)20/h5-6,10H,3-4,7-8H2,1-2H3,(H,16,18,20). The van der Waals surface area contributed by atoms with Crippen molar-refractivity contribution in [2.45, 2.75) is 45.6 Å². The first-order valence-corrected chi connectivity index (χ1v) is 8.03. The number of carbonyl (C=O) groups is 3. The van der Waals surface area contributed by atoms with Crippen molar-refractivity contribution in [1.82, 2.24) is 10.2 Å². The Hall–Kier alpha value is -1.69. The molecule has 3 rings (SSSR count). The molecule has 1 atom stereocenters. The number of rotatable bonds is 2. The van der Waals surface area contributed by atoms with Crippen LogP contribution in [0.3, 0.4) is 0 Å². The number of barbiturate groups is 1. The molecule has 1 spiro atoms. The van der Waals surface area contributed by atoms with Gasteiger partial charge in [0.25, 0.3) is 0 Å². The third-order valence-corrected chi connectivity index (χ3v) is 5.69. The van der Waals surface area contributed by atoms with Crippen LogP contribution in [0.5, 0.6) is 0 Å². The van der Waals surface area contributed by atoms with Crippen LogP contribution in [0.1, 0.15) is 48.4 Å². The van der Waals surface area contributed by atoms with Crippen molar-refractivity contribution in [3.63, 3.8) is 0 Å². The molecule has 0 aromatic carbocycles. The molecule has 1 unspecified atom stereocenters. The van der Waals surface area contributed by atoms with Gasteiger partial charge in [-0.3, -0.25) is 19.8 Å². The average molecular weight is 306 g/mol. The predicted molar refractivity (Wildman–Crippen MR) is 78.8 cm³/mol. The van der Waals surface area contributed by atoms with E-state index in [0.717, 1.165) is 22.6 Å². The first kappa shape index (κ1) is 14.3. The molecule has 1 aliphatic carbocycles. The number of imide groups is 2. The summed E-state index contributed by atoms with van der Waals surface area (Å²) < 4.78 is 0. The summed E-state index contributed by atoms with van der Waals surface area (Å²) in [5.74, 6) is -0.742. The zero-order chi connectivity index (χ0) is 15.2. The Morgan fingerprint density at radius 3 is 2.48 bits per heavy atom. The highest BCUT2D eigenvalue weighted by Crippen LogP contribution is 2.44. The van der Waals surface area contributed by atoms with E-state index in [4.69, 9.17) is 0 Å². The van der Waals surface area contributed by atoms with E-state index in [2.05, 4.69) is 5.32 Å². The van der Waals surface area contributed by atoms with Gasteiger partial charge in [-0.15, -0.1) is 11.3 Å². The lowest BCUT2D eigenvalue weighted by atomic mass is 9.81. The first-order valence-electron chi connectivity index (χ1n) is 7.21. The van der Waals surface area contributed by atoms with Crippen molar-refractivity contribution in [1.29, 1.82) is 0 Å². The molecule has 1 aliphatic heterocycles. The monoisotopic (exact) mass is 306 g/mol. The molecule has 1 N–H and O–H groups in total. The van der Waals surface area contributed by atoms with Crippen molar-refractivity contribution in [3.8, 4) is 0 Å². The third-order valence-electron chi connectivity index (χ3n) is 4.52. The lowest BCUT2D eigenvalue weighted by molar-refractivity contribution is -0.152. The number of aryl methyl sites for hydroxylation is 1. The molecule has 0 radical (unpaired) electrons. The number of hydrogen-bond acceptors (Lipinski definition) is 4. The van der Waals surface area contributed by atoms with Crippen molar-refractivity contribution in [2.24, 2.45) is 5.41 Å². The minimum atomic E-state index is -1.02. The fourth-order valence-corrected chi connectivity index (χ4v) is 4.19. The van der Waals surface area contributed by atoms with Crippen LogP contribution < -0.4 is 5.32 Å². The fourth-order valence-electron chi connectivity index (χ4n) is 3.27. The van der Waals surface area contributed by atoms with E-state index in [1.165, 1.54) is 4.90 Å². The van der Waals surface area contributed by atoms with E-state index >= 15 is 0 Å². The average Bonchev–Trinajstić information content (AvgIpc) is 3.06. The van der Waals surface area contributed by atoms with Gasteiger partial charge in [0.1, 0.15) is 5.41 Å². The number of carbonyl (C=O) groups excluding carboxylic acids is 3. The number of urea groups is 1. The van der Waals surface area contributed by atoms with Gasteiger partial charge in [-0.1, -0.05) is 12.8 Å². The fraction of sp³-hybridized carbons (Fsp3) is 0.533. The lowest BCUT2D eigenvalue weighted by Crippen LogP contribution is -2.63. The summed E-state index contributed by atoms with van der Waals surface area (Å²) in [6.45, 7) is 3.82. The highest BCUT2D eigenvalue weighted by atomic mass is 32.1. The van der Waals surface area contributed by atoms with Crippen LogP contribution in [-0.4, -0.2) is 22.7 Å². The Kier molecular flexibility index (Phi) is 3.36. The van der Waals surface area contributed by atoms with E-state index < -0.39 is 17.4 Å². The van der Waals surface area contributed by atoms with E-state index in [-0.39, 0.29) is 11.9 Å². The Morgan fingerprint density at radius 2 is 1.90 bits per heavy atom. The molecule has 0 bridgehead atoms. The maximum absolute atomic E-state index is 12.8. The van der Waals surface area contributed by atoms with Gasteiger partial charge < -0.3 is 0 Å². The Morgan fingerprint density at radius 1 is 1.24 bits per heavy atom. The largest absolute Gasteiger partial charge is 0.331 e. The minimum absolute atomic E-state index is 0.327. The van der Waals surface area contributed by atoms with Gasteiger partial charge in [-0.2, -0.15) is 0 Å². The minimum Gasteiger partial charge on any atom is -0.277 e. The molecular formula is C15H18N2O3S. The second-order valence-corrected chi connectivity index (χ2v) is 7.17. The summed E-state index contributed by atoms with van der Waals surface area (Å²) in [6, 6.07) is 2.96. The summed E-state index contributed by atoms with van der Waals surface area (Å²) in [4.78, 5) is 40.5. The maximum Gasteiger partial charge on any atom is 0.331 e. The Labute approximate surface area is 127 Å². The highest BCUT2D eigenvalue weighted by Gasteiger charge is 2.56. The van der Waals surface area contributed by atoms with E-state index in [9.17, 15) is 14.4 Å². The SMILES string of the molecule is Cc1ccc(C(C)N2C(=O)NC(=O)C3(CCCC3)C2=O)s1. The van der Waals surface area contributed by atoms with Crippen LogP contribution in [0.15, 0.2) is 12.1 Å². The first-order chi connectivity index (χ1) is 9.95. The number of nitrogens with zero attached hydrogens (tertiary/aromatic N) is 1. The summed E-state index contributed by atoms with van der Waals surface area (Å²) in [7, 11) is 0. The molecule has 1 aromatic rings. The number of thiophene rings is 1.